The van der Waals surface area contributed by atoms with Gasteiger partial charge in [-0.25, -0.2) is 18.4 Å². The molecule has 2 aromatic heterocycles. The van der Waals surface area contributed by atoms with Gasteiger partial charge in [-0.3, -0.25) is 4.68 Å². The quantitative estimate of drug-likeness (QED) is 0.338. The number of hydrogen-bond donors (Lipinski definition) is 1. The molecule has 5 rings (SSSR count). The van der Waals surface area contributed by atoms with Crippen LogP contribution >= 0.6 is 0 Å². The van der Waals surface area contributed by atoms with Crippen molar-refractivity contribution in [2.45, 2.75) is 16.9 Å². The van der Waals surface area contributed by atoms with Gasteiger partial charge in [0.05, 0.1) is 30.9 Å². The standard InChI is InChI=1S/C24H18F3N5O3S/c1-35-21-11-19-18(10-22(21)36(33,34)24(25,26)27)23(29-14-28-19)31-17-7-8-20-16(9-17)12-30-32(20)13-15-5-3-2-4-6-15/h2-12,14H,13H2,1H3,(H,28,29,31). The van der Waals surface area contributed by atoms with E-state index in [4.69, 9.17) is 4.74 Å². The summed E-state index contributed by atoms with van der Waals surface area (Å²) in [6.07, 6.45) is 2.93. The van der Waals surface area contributed by atoms with Gasteiger partial charge in [0.2, 0.25) is 0 Å². The van der Waals surface area contributed by atoms with Crippen LogP contribution in [0.5, 0.6) is 5.75 Å². The number of hydrogen-bond acceptors (Lipinski definition) is 7. The molecule has 0 saturated carbocycles. The van der Waals surface area contributed by atoms with Gasteiger partial charge in [-0.05, 0) is 29.8 Å². The first-order chi connectivity index (χ1) is 17.2. The third kappa shape index (κ3) is 4.19. The molecule has 0 bridgehead atoms. The van der Waals surface area contributed by atoms with E-state index in [9.17, 15) is 21.6 Å². The van der Waals surface area contributed by atoms with Crippen LogP contribution in [0.3, 0.4) is 0 Å². The smallest absolute Gasteiger partial charge is 0.495 e. The summed E-state index contributed by atoms with van der Waals surface area (Å²) in [7, 11) is -4.58. The summed E-state index contributed by atoms with van der Waals surface area (Å²) in [6, 6.07) is 17.3. The molecule has 0 amide bonds. The second-order valence-corrected chi connectivity index (χ2v) is 9.79. The monoisotopic (exact) mass is 513 g/mol. The molecule has 0 fully saturated rings. The number of ether oxygens (including phenoxy) is 1. The van der Waals surface area contributed by atoms with Crippen molar-refractivity contribution >= 4 is 43.1 Å². The Morgan fingerprint density at radius 1 is 1.03 bits per heavy atom. The molecule has 1 N–H and O–H groups in total. The molecule has 0 saturated heterocycles. The van der Waals surface area contributed by atoms with E-state index in [1.165, 1.54) is 6.33 Å². The first kappa shape index (κ1) is 23.5. The van der Waals surface area contributed by atoms with E-state index in [0.717, 1.165) is 35.7 Å². The number of nitrogens with zero attached hydrogens (tertiary/aromatic N) is 4. The van der Waals surface area contributed by atoms with Crippen molar-refractivity contribution in [1.82, 2.24) is 19.7 Å². The van der Waals surface area contributed by atoms with Crippen LogP contribution in [0.2, 0.25) is 0 Å². The highest BCUT2D eigenvalue weighted by Crippen LogP contribution is 2.39. The van der Waals surface area contributed by atoms with Gasteiger partial charge in [0.1, 0.15) is 22.8 Å². The SMILES string of the molecule is COc1cc2ncnc(Nc3ccc4c(cnn4Cc4ccccc4)c3)c2cc1S(=O)(=O)C(F)(F)F. The van der Waals surface area contributed by atoms with Crippen LogP contribution in [-0.4, -0.2) is 40.8 Å². The average Bonchev–Trinajstić information content (AvgIpc) is 3.25. The van der Waals surface area contributed by atoms with Crippen molar-refractivity contribution in [1.29, 1.82) is 0 Å². The van der Waals surface area contributed by atoms with Crippen molar-refractivity contribution in [3.8, 4) is 5.75 Å². The lowest BCUT2D eigenvalue weighted by molar-refractivity contribution is -0.0437. The second kappa shape index (κ2) is 8.79. The van der Waals surface area contributed by atoms with Gasteiger partial charge in [0, 0.05) is 22.5 Å². The Hall–Kier alpha value is -4.19. The van der Waals surface area contributed by atoms with Crippen molar-refractivity contribution in [3.05, 3.63) is 78.8 Å². The summed E-state index contributed by atoms with van der Waals surface area (Å²) >= 11 is 0. The molecule has 0 aliphatic rings. The Labute approximate surface area is 203 Å². The van der Waals surface area contributed by atoms with Crippen molar-refractivity contribution < 1.29 is 26.3 Å². The number of methoxy groups -OCH3 is 1. The fraction of sp³-hybridized carbons (Fsp3) is 0.125. The minimum absolute atomic E-state index is 0.0843. The largest absolute Gasteiger partial charge is 0.502 e. The Balaban J connectivity index is 1.53. The fourth-order valence-electron chi connectivity index (χ4n) is 3.84. The van der Waals surface area contributed by atoms with Crippen LogP contribution in [0.25, 0.3) is 21.8 Å². The molecule has 36 heavy (non-hydrogen) atoms. The number of benzene rings is 3. The number of alkyl halides is 3. The Morgan fingerprint density at radius 2 is 1.81 bits per heavy atom. The number of halogens is 3. The van der Waals surface area contributed by atoms with E-state index in [-0.39, 0.29) is 16.7 Å². The second-order valence-electron chi connectivity index (χ2n) is 7.88. The molecular formula is C24H18F3N5O3S. The molecule has 0 radical (unpaired) electrons. The topological polar surface area (TPSA) is 99.0 Å². The highest BCUT2D eigenvalue weighted by Gasteiger charge is 2.48. The van der Waals surface area contributed by atoms with Crippen LogP contribution in [0.15, 0.2) is 78.1 Å². The normalized spacial score (nSPS) is 12.2. The molecule has 0 spiro atoms. The summed E-state index contributed by atoms with van der Waals surface area (Å²) < 4.78 is 70.9. The minimum atomic E-state index is -5.67. The Morgan fingerprint density at radius 3 is 2.53 bits per heavy atom. The lowest BCUT2D eigenvalue weighted by atomic mass is 10.2. The Bertz CT molecular complexity index is 1690. The molecule has 8 nitrogen and oxygen atoms in total. The zero-order chi connectivity index (χ0) is 25.5. The van der Waals surface area contributed by atoms with Crippen LogP contribution in [-0.2, 0) is 16.4 Å². The predicted molar refractivity (Wildman–Crippen MR) is 128 cm³/mol. The molecule has 184 valence electrons. The van der Waals surface area contributed by atoms with Gasteiger partial charge in [-0.1, -0.05) is 30.3 Å². The van der Waals surface area contributed by atoms with Gasteiger partial charge < -0.3 is 10.1 Å². The molecule has 3 aromatic carbocycles. The first-order valence-electron chi connectivity index (χ1n) is 10.6. The maximum absolute atomic E-state index is 13.3. The minimum Gasteiger partial charge on any atom is -0.495 e. The lowest BCUT2D eigenvalue weighted by Gasteiger charge is -2.14. The third-order valence-electron chi connectivity index (χ3n) is 5.59. The maximum atomic E-state index is 13.3. The molecule has 5 aromatic rings. The van der Waals surface area contributed by atoms with E-state index in [1.54, 1.807) is 12.3 Å². The number of nitrogens with one attached hydrogen (secondary N) is 1. The summed E-state index contributed by atoms with van der Waals surface area (Å²) in [4.78, 5) is 7.16. The first-order valence-corrected chi connectivity index (χ1v) is 12.1. The number of sulfone groups is 1. The highest BCUT2D eigenvalue weighted by atomic mass is 32.2. The zero-order valence-corrected chi connectivity index (χ0v) is 19.5. The van der Waals surface area contributed by atoms with Gasteiger partial charge in [-0.2, -0.15) is 18.3 Å². The number of anilines is 2. The summed E-state index contributed by atoms with van der Waals surface area (Å²) in [5.74, 6) is -0.325. The summed E-state index contributed by atoms with van der Waals surface area (Å²) in [5, 5.41) is 8.41. The summed E-state index contributed by atoms with van der Waals surface area (Å²) in [6.45, 7) is 0.589. The Kier molecular flexibility index (Phi) is 5.75. The van der Waals surface area contributed by atoms with E-state index in [1.807, 2.05) is 47.1 Å². The van der Waals surface area contributed by atoms with Gasteiger partial charge in [0.15, 0.2) is 0 Å². The number of fused-ring (bicyclic) bond motifs is 2. The van der Waals surface area contributed by atoms with Crippen LogP contribution in [0.4, 0.5) is 24.7 Å². The van der Waals surface area contributed by atoms with Crippen molar-refractivity contribution in [3.63, 3.8) is 0 Å². The molecule has 0 aliphatic heterocycles. The van der Waals surface area contributed by atoms with Crippen LogP contribution in [0.1, 0.15) is 5.56 Å². The molecule has 12 heteroatoms. The highest BCUT2D eigenvalue weighted by molar-refractivity contribution is 7.92. The van der Waals surface area contributed by atoms with Crippen molar-refractivity contribution in [2.75, 3.05) is 12.4 Å². The van der Waals surface area contributed by atoms with E-state index in [0.29, 0.717) is 12.2 Å². The maximum Gasteiger partial charge on any atom is 0.502 e. The molecule has 2 heterocycles. The van der Waals surface area contributed by atoms with E-state index in [2.05, 4.69) is 20.4 Å². The van der Waals surface area contributed by atoms with Crippen LogP contribution in [0, 0.1) is 0 Å². The fourth-order valence-corrected chi connectivity index (χ4v) is 4.77. The van der Waals surface area contributed by atoms with E-state index >= 15 is 0 Å². The molecule has 0 atom stereocenters. The molecular weight excluding hydrogens is 495 g/mol. The third-order valence-corrected chi connectivity index (χ3v) is 7.10. The lowest BCUT2D eigenvalue weighted by Crippen LogP contribution is -2.23. The van der Waals surface area contributed by atoms with E-state index < -0.39 is 26.0 Å². The number of rotatable bonds is 6. The zero-order valence-electron chi connectivity index (χ0n) is 18.7. The predicted octanol–water partition coefficient (Wildman–Crippen LogP) is 5.07. The number of aromatic nitrogens is 4. The molecule has 0 unspecified atom stereocenters. The molecule has 0 aliphatic carbocycles. The van der Waals surface area contributed by atoms with Gasteiger partial charge in [0.25, 0.3) is 9.84 Å². The van der Waals surface area contributed by atoms with Crippen LogP contribution < -0.4 is 10.1 Å². The van der Waals surface area contributed by atoms with Gasteiger partial charge in [-0.15, -0.1) is 0 Å². The average molecular weight is 514 g/mol. The van der Waals surface area contributed by atoms with Gasteiger partial charge >= 0.3 is 5.51 Å². The summed E-state index contributed by atoms with van der Waals surface area (Å²) in [5.41, 5.74) is -2.72. The van der Waals surface area contributed by atoms with Crippen molar-refractivity contribution in [2.24, 2.45) is 0 Å².